The highest BCUT2D eigenvalue weighted by Gasteiger charge is 2.63. The van der Waals surface area contributed by atoms with E-state index in [1.807, 2.05) is 0 Å². The highest BCUT2D eigenvalue weighted by Crippen LogP contribution is 2.55. The van der Waals surface area contributed by atoms with E-state index in [1.54, 1.807) is 0 Å². The van der Waals surface area contributed by atoms with Crippen molar-refractivity contribution in [3.05, 3.63) is 69.3 Å². The zero-order valence-corrected chi connectivity index (χ0v) is 18.8. The standard InChI is InChI=1S/C23H21F5N4O3/c1-9-15(10-4-5-11(24)17(25)20(10)35-3)18(32-22(9,2)23(26,27)28)13-8-14(33)16-12(31-13)6-7-30-19(16)21(29)34/h4-9,15,18,32H,1-3H3,(H2,29,34)(H,31,33). The second-order valence-electron chi connectivity index (χ2n) is 8.66. The summed E-state index contributed by atoms with van der Waals surface area (Å²) in [6.45, 7) is 2.30. The number of aromatic nitrogens is 2. The molecule has 3 aromatic rings. The fourth-order valence-electron chi connectivity index (χ4n) is 4.84. The fourth-order valence-corrected chi connectivity index (χ4v) is 4.84. The number of methoxy groups -OCH3 is 1. The fraction of sp³-hybridized carbons (Fsp3) is 0.348. The highest BCUT2D eigenvalue weighted by atomic mass is 19.4. The number of hydrogen-bond donors (Lipinski definition) is 3. The summed E-state index contributed by atoms with van der Waals surface area (Å²) in [5.41, 5.74) is 2.02. The van der Waals surface area contributed by atoms with Gasteiger partial charge in [0.1, 0.15) is 11.2 Å². The van der Waals surface area contributed by atoms with Crippen molar-refractivity contribution in [1.29, 1.82) is 0 Å². The van der Waals surface area contributed by atoms with Crippen LogP contribution in [0.1, 0.15) is 47.6 Å². The number of carbonyl (C=O) groups excluding carboxylic acids is 1. The van der Waals surface area contributed by atoms with Gasteiger partial charge in [-0.2, -0.15) is 17.6 Å². The lowest BCUT2D eigenvalue weighted by Crippen LogP contribution is -2.54. The Morgan fingerprint density at radius 1 is 1.23 bits per heavy atom. The molecule has 0 bridgehead atoms. The average Bonchev–Trinajstić information content (AvgIpc) is 3.06. The van der Waals surface area contributed by atoms with Crippen molar-refractivity contribution in [1.82, 2.24) is 15.3 Å². The van der Waals surface area contributed by atoms with Crippen LogP contribution in [0.25, 0.3) is 10.9 Å². The van der Waals surface area contributed by atoms with Crippen molar-refractivity contribution >= 4 is 16.8 Å². The van der Waals surface area contributed by atoms with E-state index in [1.165, 1.54) is 25.3 Å². The number of aromatic amines is 1. The Morgan fingerprint density at radius 3 is 2.51 bits per heavy atom. The molecule has 0 saturated carbocycles. The lowest BCUT2D eigenvalue weighted by atomic mass is 9.76. The lowest BCUT2D eigenvalue weighted by Gasteiger charge is -2.33. The number of primary amides is 1. The maximum atomic E-state index is 14.5. The summed E-state index contributed by atoms with van der Waals surface area (Å²) in [6, 6.07) is 3.21. The number of H-pyrrole nitrogens is 1. The number of amides is 1. The molecule has 0 spiro atoms. The third kappa shape index (κ3) is 3.72. The zero-order chi connectivity index (χ0) is 25.9. The van der Waals surface area contributed by atoms with Gasteiger partial charge in [0, 0.05) is 29.4 Å². The van der Waals surface area contributed by atoms with E-state index in [-0.39, 0.29) is 27.9 Å². The molecule has 1 fully saturated rings. The van der Waals surface area contributed by atoms with Crippen LogP contribution in [0.3, 0.4) is 0 Å². The number of fused-ring (bicyclic) bond motifs is 1. The topological polar surface area (TPSA) is 110 Å². The smallest absolute Gasteiger partial charge is 0.406 e. The van der Waals surface area contributed by atoms with Gasteiger partial charge in [-0.25, -0.2) is 4.39 Å². The molecule has 1 aliphatic heterocycles. The molecule has 12 heteroatoms. The van der Waals surface area contributed by atoms with Crippen molar-refractivity contribution in [3.8, 4) is 5.75 Å². The molecule has 0 aliphatic carbocycles. The Balaban J connectivity index is 1.98. The van der Waals surface area contributed by atoms with Crippen molar-refractivity contribution in [2.75, 3.05) is 7.11 Å². The SMILES string of the molecule is COc1c(C2C(c3cc(=O)c4c(C(N)=O)nccc4[nH]3)NC(C)(C(F)(F)F)C2C)ccc(F)c1F. The van der Waals surface area contributed by atoms with Gasteiger partial charge in [0.15, 0.2) is 17.0 Å². The number of alkyl halides is 3. The van der Waals surface area contributed by atoms with Gasteiger partial charge >= 0.3 is 6.18 Å². The van der Waals surface area contributed by atoms with E-state index >= 15 is 0 Å². The number of halogens is 5. The van der Waals surface area contributed by atoms with Crippen LogP contribution in [-0.4, -0.2) is 34.7 Å². The first-order valence-corrected chi connectivity index (χ1v) is 10.5. The van der Waals surface area contributed by atoms with E-state index in [0.29, 0.717) is 0 Å². The van der Waals surface area contributed by atoms with Gasteiger partial charge in [-0.05, 0) is 25.0 Å². The minimum absolute atomic E-state index is 0.00197. The number of nitrogens with two attached hydrogens (primary N) is 1. The summed E-state index contributed by atoms with van der Waals surface area (Å²) in [6.07, 6.45) is -3.51. The largest absolute Gasteiger partial charge is 0.493 e. The molecule has 1 aromatic carbocycles. The van der Waals surface area contributed by atoms with Crippen molar-refractivity contribution in [2.24, 2.45) is 11.7 Å². The molecule has 35 heavy (non-hydrogen) atoms. The van der Waals surface area contributed by atoms with Crippen molar-refractivity contribution < 1.29 is 31.5 Å². The molecule has 4 atom stereocenters. The number of rotatable bonds is 4. The van der Waals surface area contributed by atoms with E-state index < -0.39 is 58.3 Å². The number of nitrogens with zero attached hydrogens (tertiary/aromatic N) is 1. The molecule has 4 N–H and O–H groups in total. The molecule has 1 saturated heterocycles. The Bertz CT molecular complexity index is 1390. The Hall–Kier alpha value is -3.54. The number of nitrogens with one attached hydrogen (secondary N) is 2. The van der Waals surface area contributed by atoms with Gasteiger partial charge < -0.3 is 15.5 Å². The molecule has 4 rings (SSSR count). The summed E-state index contributed by atoms with van der Waals surface area (Å²) in [5.74, 6) is -6.33. The van der Waals surface area contributed by atoms with Gasteiger partial charge in [-0.1, -0.05) is 13.0 Å². The Labute approximate surface area is 195 Å². The molecule has 3 heterocycles. The second kappa shape index (κ2) is 8.29. The number of hydrogen-bond acceptors (Lipinski definition) is 5. The van der Waals surface area contributed by atoms with Crippen LogP contribution in [0.4, 0.5) is 22.0 Å². The first-order valence-electron chi connectivity index (χ1n) is 10.5. The number of pyridine rings is 2. The Kier molecular flexibility index (Phi) is 5.82. The molecule has 2 aromatic heterocycles. The van der Waals surface area contributed by atoms with Crippen LogP contribution in [0, 0.1) is 17.6 Å². The summed E-state index contributed by atoms with van der Waals surface area (Å²) >= 11 is 0. The maximum Gasteiger partial charge on any atom is 0.406 e. The number of ether oxygens (including phenoxy) is 1. The summed E-state index contributed by atoms with van der Waals surface area (Å²) < 4.78 is 76.1. The molecule has 1 aliphatic rings. The number of carbonyl (C=O) groups is 1. The first-order chi connectivity index (χ1) is 16.3. The monoisotopic (exact) mass is 496 g/mol. The summed E-state index contributed by atoms with van der Waals surface area (Å²) in [5, 5.41) is 2.45. The van der Waals surface area contributed by atoms with E-state index in [4.69, 9.17) is 10.5 Å². The van der Waals surface area contributed by atoms with E-state index in [0.717, 1.165) is 26.2 Å². The van der Waals surface area contributed by atoms with Crippen molar-refractivity contribution in [2.45, 2.75) is 37.5 Å². The highest BCUT2D eigenvalue weighted by molar-refractivity contribution is 6.03. The van der Waals surface area contributed by atoms with Crippen LogP contribution in [-0.2, 0) is 0 Å². The van der Waals surface area contributed by atoms with Gasteiger partial charge in [0.2, 0.25) is 5.82 Å². The third-order valence-electron chi connectivity index (χ3n) is 6.83. The van der Waals surface area contributed by atoms with Gasteiger partial charge in [0.05, 0.1) is 24.1 Å². The minimum atomic E-state index is -4.73. The third-order valence-corrected chi connectivity index (χ3v) is 6.83. The maximum absolute atomic E-state index is 14.5. The predicted molar refractivity (Wildman–Crippen MR) is 116 cm³/mol. The quantitative estimate of drug-likeness (QED) is 0.478. The normalized spacial score (nSPS) is 24.6. The zero-order valence-electron chi connectivity index (χ0n) is 18.8. The van der Waals surface area contributed by atoms with Crippen LogP contribution >= 0.6 is 0 Å². The molecular formula is C23H21F5N4O3. The van der Waals surface area contributed by atoms with Crippen LogP contribution < -0.4 is 21.2 Å². The van der Waals surface area contributed by atoms with E-state index in [2.05, 4.69) is 15.3 Å². The lowest BCUT2D eigenvalue weighted by molar-refractivity contribution is -0.198. The van der Waals surface area contributed by atoms with Crippen molar-refractivity contribution in [3.63, 3.8) is 0 Å². The van der Waals surface area contributed by atoms with Gasteiger partial charge in [-0.3, -0.25) is 19.9 Å². The van der Waals surface area contributed by atoms with E-state index in [9.17, 15) is 31.5 Å². The first kappa shape index (κ1) is 24.6. The average molecular weight is 496 g/mol. The van der Waals surface area contributed by atoms with Crippen LogP contribution in [0.5, 0.6) is 5.75 Å². The molecule has 186 valence electrons. The molecule has 0 radical (unpaired) electrons. The predicted octanol–water partition coefficient (Wildman–Crippen LogP) is 3.69. The summed E-state index contributed by atoms with van der Waals surface area (Å²) in [7, 11) is 1.09. The number of benzene rings is 1. The van der Waals surface area contributed by atoms with Crippen LogP contribution in [0.2, 0.25) is 0 Å². The molecule has 1 amide bonds. The van der Waals surface area contributed by atoms with Gasteiger partial charge in [0.25, 0.3) is 5.91 Å². The minimum Gasteiger partial charge on any atom is -0.493 e. The molecule has 7 nitrogen and oxygen atoms in total. The molecule has 4 unspecified atom stereocenters. The molecular weight excluding hydrogens is 475 g/mol. The summed E-state index contributed by atoms with van der Waals surface area (Å²) in [4.78, 5) is 31.3. The second-order valence-corrected chi connectivity index (χ2v) is 8.66. The Morgan fingerprint density at radius 2 is 1.91 bits per heavy atom. The van der Waals surface area contributed by atoms with Gasteiger partial charge in [-0.15, -0.1) is 0 Å². The van der Waals surface area contributed by atoms with Crippen LogP contribution in [0.15, 0.2) is 35.3 Å².